The van der Waals surface area contributed by atoms with Gasteiger partial charge < -0.3 is 0 Å². The van der Waals surface area contributed by atoms with Gasteiger partial charge in [-0.15, -0.1) is 0 Å². The fraction of sp³-hybridized carbons (Fsp3) is 0.378. The third-order valence-corrected chi connectivity index (χ3v) is 9.63. The summed E-state index contributed by atoms with van der Waals surface area (Å²) < 4.78 is 41.9. The van der Waals surface area contributed by atoms with Gasteiger partial charge >= 0.3 is 6.18 Å². The molecular formula is C37H38F3NS. The highest BCUT2D eigenvalue weighted by Gasteiger charge is 2.47. The molecule has 0 fully saturated rings. The first-order valence-corrected chi connectivity index (χ1v) is 15.6. The van der Waals surface area contributed by atoms with E-state index in [2.05, 4.69) is 65.0 Å². The van der Waals surface area contributed by atoms with Crippen molar-refractivity contribution >= 4 is 44.1 Å². The minimum atomic E-state index is -4.29. The van der Waals surface area contributed by atoms with Crippen molar-refractivity contribution in [3.8, 4) is 11.3 Å². The number of halogens is 3. The van der Waals surface area contributed by atoms with Crippen LogP contribution in [0, 0.1) is 16.7 Å². The second-order valence-corrected chi connectivity index (χ2v) is 15.3. The molecule has 0 bridgehead atoms. The maximum absolute atomic E-state index is 14.0. The fourth-order valence-electron chi connectivity index (χ4n) is 6.43. The maximum atomic E-state index is 14.0. The van der Waals surface area contributed by atoms with E-state index in [4.69, 9.17) is 4.98 Å². The smallest absolute Gasteiger partial charge is 0.256 e. The Kier molecular flexibility index (Phi) is 6.92. The predicted octanol–water partition coefficient (Wildman–Crippen LogP) is 11.6. The summed E-state index contributed by atoms with van der Waals surface area (Å²) in [6.45, 7) is 13.9. The Morgan fingerprint density at radius 3 is 2.26 bits per heavy atom. The predicted molar refractivity (Wildman–Crippen MR) is 172 cm³/mol. The largest absolute Gasteiger partial charge is 0.394 e. The van der Waals surface area contributed by atoms with Gasteiger partial charge in [-0.25, -0.2) is 0 Å². The van der Waals surface area contributed by atoms with Crippen LogP contribution in [0.2, 0.25) is 0 Å². The van der Waals surface area contributed by atoms with Gasteiger partial charge in [0.15, 0.2) is 0 Å². The molecule has 0 amide bonds. The van der Waals surface area contributed by atoms with Crippen molar-refractivity contribution in [3.63, 3.8) is 0 Å². The zero-order valence-electron chi connectivity index (χ0n) is 25.5. The normalized spacial score (nSPS) is 13.9. The van der Waals surface area contributed by atoms with E-state index in [9.17, 15) is 13.2 Å². The highest BCUT2D eigenvalue weighted by atomic mass is 32.2. The lowest BCUT2D eigenvalue weighted by atomic mass is 9.82. The number of hydrogen-bond donors (Lipinski definition) is 0. The number of alkyl halides is 3. The summed E-state index contributed by atoms with van der Waals surface area (Å²) in [5.41, 5.74) is 3.70. The molecule has 42 heavy (non-hydrogen) atoms. The highest BCUT2D eigenvalue weighted by molar-refractivity contribution is 8.00. The molecule has 0 radical (unpaired) electrons. The molecule has 6 rings (SSSR count). The van der Waals surface area contributed by atoms with Crippen molar-refractivity contribution in [1.29, 1.82) is 0 Å². The van der Waals surface area contributed by atoms with Crippen LogP contribution in [0.25, 0.3) is 43.6 Å². The third-order valence-electron chi connectivity index (χ3n) is 8.41. The molecule has 0 atom stereocenters. The first-order valence-electron chi connectivity index (χ1n) is 14.8. The molecule has 4 aromatic carbocycles. The zero-order chi connectivity index (χ0) is 30.2. The van der Waals surface area contributed by atoms with Crippen molar-refractivity contribution in [2.24, 2.45) is 16.7 Å². The van der Waals surface area contributed by atoms with Gasteiger partial charge in [0.1, 0.15) is 0 Å². The maximum Gasteiger partial charge on any atom is 0.394 e. The van der Waals surface area contributed by atoms with Gasteiger partial charge in [0.2, 0.25) is 0 Å². The van der Waals surface area contributed by atoms with Gasteiger partial charge in [-0.1, -0.05) is 96.6 Å². The monoisotopic (exact) mass is 585 g/mol. The summed E-state index contributed by atoms with van der Waals surface area (Å²) in [4.78, 5) is 7.31. The lowest BCUT2D eigenvalue weighted by Crippen LogP contribution is -2.34. The van der Waals surface area contributed by atoms with Gasteiger partial charge in [0.25, 0.3) is 0 Å². The van der Waals surface area contributed by atoms with E-state index in [-0.39, 0.29) is 11.8 Å². The minimum absolute atomic E-state index is 0.0807. The summed E-state index contributed by atoms with van der Waals surface area (Å²) >= 11 is 1.79. The quantitative estimate of drug-likeness (QED) is 0.187. The summed E-state index contributed by atoms with van der Waals surface area (Å²) in [7, 11) is 0. The number of aromatic nitrogens is 1. The third kappa shape index (κ3) is 5.08. The van der Waals surface area contributed by atoms with Crippen LogP contribution < -0.4 is 0 Å². The molecule has 1 nitrogen and oxygen atoms in total. The first kappa shape index (κ1) is 29.0. The second-order valence-electron chi connectivity index (χ2n) is 14.3. The van der Waals surface area contributed by atoms with Crippen LogP contribution in [-0.2, 0) is 19.3 Å². The van der Waals surface area contributed by atoms with Crippen molar-refractivity contribution in [2.75, 3.05) is 0 Å². The van der Waals surface area contributed by atoms with Gasteiger partial charge in [-0.05, 0) is 92.4 Å². The molecule has 0 N–H and O–H groups in total. The van der Waals surface area contributed by atoms with Crippen molar-refractivity contribution in [2.45, 2.75) is 83.7 Å². The number of hydrogen-bond acceptors (Lipinski definition) is 2. The molecule has 1 aromatic heterocycles. The Morgan fingerprint density at radius 2 is 1.57 bits per heavy atom. The van der Waals surface area contributed by atoms with Crippen LogP contribution in [0.15, 0.2) is 70.6 Å². The average molecular weight is 586 g/mol. The Balaban J connectivity index is 1.64. The van der Waals surface area contributed by atoms with Gasteiger partial charge in [-0.3, -0.25) is 4.98 Å². The number of rotatable bonds is 5. The van der Waals surface area contributed by atoms with Crippen molar-refractivity contribution < 1.29 is 13.2 Å². The van der Waals surface area contributed by atoms with E-state index < -0.39 is 11.6 Å². The van der Waals surface area contributed by atoms with Crippen LogP contribution in [-0.4, -0.2) is 11.2 Å². The number of nitrogens with zero attached hydrogens (tertiary/aromatic N) is 1. The van der Waals surface area contributed by atoms with E-state index in [0.29, 0.717) is 5.92 Å². The van der Waals surface area contributed by atoms with Crippen LogP contribution in [0.1, 0.15) is 65.2 Å². The Hall–Kier alpha value is -3.05. The van der Waals surface area contributed by atoms with E-state index in [1.165, 1.54) is 40.6 Å². The molecule has 0 saturated heterocycles. The molecule has 218 valence electrons. The van der Waals surface area contributed by atoms with Gasteiger partial charge in [-0.2, -0.15) is 13.2 Å². The number of benzene rings is 4. The van der Waals surface area contributed by atoms with Gasteiger partial charge in [0.05, 0.1) is 11.1 Å². The Bertz CT molecular complexity index is 1860. The lowest BCUT2D eigenvalue weighted by Gasteiger charge is -2.29. The van der Waals surface area contributed by atoms with Crippen molar-refractivity contribution in [3.05, 3.63) is 77.5 Å². The molecule has 0 saturated carbocycles. The standard InChI is InChI=1S/C37H38F3NS/c1-21(2)15-22-11-12-26-25(16-22)17-28-33-32-27(13-14-41-33)31-23(9-8-10-24(31)19-36(6,7)37(38,39)40)18-30(32)42-34(28)29(26)20-35(3,4)5/h8-14,16-18,21H,15,19-20H2,1-7H3. The zero-order valence-corrected chi connectivity index (χ0v) is 26.3. The molecule has 5 heteroatoms. The van der Waals surface area contributed by atoms with Crippen molar-refractivity contribution in [1.82, 2.24) is 4.98 Å². The SMILES string of the molecule is CC(C)Cc1ccc2c(CC(C)(C)C)c3c(cc2c1)-c1nccc2c1c(cc1cccc(CC(C)(C)C(F)(F)F)c12)S3. The minimum Gasteiger partial charge on any atom is -0.256 e. The fourth-order valence-corrected chi connectivity index (χ4v) is 7.71. The van der Waals surface area contributed by atoms with Crippen LogP contribution in [0.3, 0.4) is 0 Å². The van der Waals surface area contributed by atoms with E-state index in [1.807, 2.05) is 30.5 Å². The number of pyridine rings is 1. The van der Waals surface area contributed by atoms with Crippen LogP contribution in [0.5, 0.6) is 0 Å². The molecule has 1 aliphatic rings. The van der Waals surface area contributed by atoms with Crippen LogP contribution >= 0.6 is 11.8 Å². The first-order chi connectivity index (χ1) is 19.6. The van der Waals surface area contributed by atoms with E-state index in [1.54, 1.807) is 11.8 Å². The molecule has 0 aliphatic carbocycles. The molecule has 0 unspecified atom stereocenters. The molecular weight excluding hydrogens is 547 g/mol. The van der Waals surface area contributed by atoms with Crippen LogP contribution in [0.4, 0.5) is 13.2 Å². The Morgan fingerprint density at radius 1 is 0.810 bits per heavy atom. The van der Waals surface area contributed by atoms with E-state index in [0.717, 1.165) is 56.1 Å². The summed E-state index contributed by atoms with van der Waals surface area (Å²) in [5.74, 6) is 0.566. The molecule has 1 aliphatic heterocycles. The second kappa shape index (κ2) is 10.0. The molecule has 2 heterocycles. The summed E-state index contributed by atoms with van der Waals surface area (Å²) in [5, 5.41) is 6.40. The topological polar surface area (TPSA) is 12.9 Å². The van der Waals surface area contributed by atoms with E-state index >= 15 is 0 Å². The summed E-state index contributed by atoms with van der Waals surface area (Å²) in [6.07, 6.45) is -0.594. The Labute approximate surface area is 250 Å². The molecule has 0 spiro atoms. The highest BCUT2D eigenvalue weighted by Crippen LogP contribution is 2.53. The van der Waals surface area contributed by atoms with Gasteiger partial charge in [0, 0.05) is 26.9 Å². The lowest BCUT2D eigenvalue weighted by molar-refractivity contribution is -0.210. The average Bonchev–Trinajstić information content (AvgIpc) is 2.87. The number of fused-ring (bicyclic) bond motifs is 5. The summed E-state index contributed by atoms with van der Waals surface area (Å²) in [6, 6.07) is 19.1. The molecule has 5 aromatic rings.